The Morgan fingerprint density at radius 1 is 0.327 bits per heavy atom. The van der Waals surface area contributed by atoms with Crippen molar-refractivity contribution in [3.05, 3.63) is 168 Å². The SMILES string of the molecule is CC1(C)c2ccccc2-c2c(-c3ccc4c(c3)-c3ccccc3-c3cc(-c5cccc6c5-c5ccccc5C6(C)C)ccc3N4)cccc21. The predicted molar refractivity (Wildman–Crippen MR) is 207 cm³/mol. The molecule has 49 heavy (non-hydrogen) atoms. The Morgan fingerprint density at radius 3 is 1.14 bits per heavy atom. The number of hydrogen-bond acceptors (Lipinski definition) is 1. The molecule has 0 bridgehead atoms. The Balaban J connectivity index is 1.13. The van der Waals surface area contributed by atoms with E-state index in [9.17, 15) is 0 Å². The first kappa shape index (κ1) is 28.4. The number of nitrogens with one attached hydrogen (secondary N) is 1. The van der Waals surface area contributed by atoms with E-state index in [0.717, 1.165) is 11.4 Å². The van der Waals surface area contributed by atoms with Crippen molar-refractivity contribution in [3.63, 3.8) is 0 Å². The van der Waals surface area contributed by atoms with Crippen molar-refractivity contribution in [2.24, 2.45) is 0 Å². The van der Waals surface area contributed by atoms with Gasteiger partial charge in [-0.15, -0.1) is 0 Å². The summed E-state index contributed by atoms with van der Waals surface area (Å²) in [6.07, 6.45) is 0. The lowest BCUT2D eigenvalue weighted by Crippen LogP contribution is -2.14. The Hall–Kier alpha value is -5.66. The fraction of sp³-hybridized carbons (Fsp3) is 0.125. The summed E-state index contributed by atoms with van der Waals surface area (Å²) in [4.78, 5) is 0. The molecule has 7 aromatic carbocycles. The van der Waals surface area contributed by atoms with Crippen molar-refractivity contribution in [1.29, 1.82) is 0 Å². The molecule has 0 spiro atoms. The number of benzene rings is 7. The third kappa shape index (κ3) is 3.88. The quantitative estimate of drug-likeness (QED) is 0.201. The van der Waals surface area contributed by atoms with Gasteiger partial charge < -0.3 is 5.32 Å². The molecule has 1 heteroatoms. The van der Waals surface area contributed by atoms with Gasteiger partial charge in [-0.25, -0.2) is 0 Å². The van der Waals surface area contributed by atoms with E-state index in [2.05, 4.69) is 179 Å². The molecule has 1 nitrogen and oxygen atoms in total. The molecule has 0 atom stereocenters. The molecule has 1 aliphatic heterocycles. The van der Waals surface area contributed by atoms with E-state index in [0.29, 0.717) is 0 Å². The van der Waals surface area contributed by atoms with Gasteiger partial charge in [-0.05, 0) is 102 Å². The lowest BCUT2D eigenvalue weighted by Gasteiger charge is -2.21. The summed E-state index contributed by atoms with van der Waals surface area (Å²) < 4.78 is 0. The van der Waals surface area contributed by atoms with Crippen LogP contribution in [0.5, 0.6) is 0 Å². The second-order valence-corrected chi connectivity index (χ2v) is 15.0. The molecule has 0 fully saturated rings. The van der Waals surface area contributed by atoms with Crippen molar-refractivity contribution < 1.29 is 0 Å². The van der Waals surface area contributed by atoms with Crippen LogP contribution in [-0.2, 0) is 10.8 Å². The number of rotatable bonds is 2. The smallest absolute Gasteiger partial charge is 0.0464 e. The zero-order valence-corrected chi connectivity index (χ0v) is 28.4. The standard InChI is InChI=1S/C48H37N/c1-47(2)39-19-9-7-15-35(39)45-31(17-11-21-41(45)47)29-23-25-43-37(27-29)33-13-5-6-14-34(33)38-28-30(24-26-44(38)49-43)32-18-12-22-42-46(32)36-16-8-10-20-40(36)48(42,3)4/h5-28,49H,1-4H3. The van der Waals surface area contributed by atoms with Crippen LogP contribution in [0, 0.1) is 0 Å². The minimum Gasteiger partial charge on any atom is -0.355 e. The first-order valence-corrected chi connectivity index (χ1v) is 17.4. The zero-order valence-electron chi connectivity index (χ0n) is 28.4. The molecule has 0 saturated heterocycles. The molecule has 0 aromatic heterocycles. The van der Waals surface area contributed by atoms with Crippen LogP contribution in [0.4, 0.5) is 11.4 Å². The number of anilines is 2. The Kier molecular flexibility index (Phi) is 5.75. The second kappa shape index (κ2) is 9.94. The van der Waals surface area contributed by atoms with Crippen LogP contribution in [-0.4, -0.2) is 0 Å². The van der Waals surface area contributed by atoms with Crippen LogP contribution in [0.15, 0.2) is 146 Å². The molecule has 1 heterocycles. The highest BCUT2D eigenvalue weighted by Gasteiger charge is 2.38. The zero-order chi connectivity index (χ0) is 33.1. The van der Waals surface area contributed by atoms with Gasteiger partial charge in [0.25, 0.3) is 0 Å². The van der Waals surface area contributed by atoms with Crippen LogP contribution in [0.1, 0.15) is 49.9 Å². The maximum absolute atomic E-state index is 3.87. The molecule has 0 unspecified atom stereocenters. The third-order valence-electron chi connectivity index (χ3n) is 11.7. The average molecular weight is 628 g/mol. The second-order valence-electron chi connectivity index (χ2n) is 15.0. The minimum absolute atomic E-state index is 0.0299. The maximum Gasteiger partial charge on any atom is 0.0464 e. The fourth-order valence-corrected chi connectivity index (χ4v) is 9.18. The summed E-state index contributed by atoms with van der Waals surface area (Å²) in [6.45, 7) is 9.42. The summed E-state index contributed by atoms with van der Waals surface area (Å²) >= 11 is 0. The minimum atomic E-state index is -0.0299. The van der Waals surface area contributed by atoms with Crippen molar-refractivity contribution in [2.75, 3.05) is 5.32 Å². The predicted octanol–water partition coefficient (Wildman–Crippen LogP) is 13.0. The fourth-order valence-electron chi connectivity index (χ4n) is 9.18. The van der Waals surface area contributed by atoms with Crippen molar-refractivity contribution >= 4 is 11.4 Å². The average Bonchev–Trinajstić information content (AvgIpc) is 3.45. The molecule has 0 radical (unpaired) electrons. The van der Waals surface area contributed by atoms with Crippen LogP contribution < -0.4 is 5.32 Å². The summed E-state index contributed by atoms with van der Waals surface area (Å²) in [7, 11) is 0. The summed E-state index contributed by atoms with van der Waals surface area (Å²) in [6, 6.07) is 54.4. The summed E-state index contributed by atoms with van der Waals surface area (Å²) in [5.74, 6) is 0. The van der Waals surface area contributed by atoms with Crippen LogP contribution >= 0.6 is 0 Å². The molecular formula is C48H37N. The van der Waals surface area contributed by atoms with Gasteiger partial charge in [0, 0.05) is 33.3 Å². The van der Waals surface area contributed by atoms with Crippen LogP contribution in [0.3, 0.4) is 0 Å². The summed E-state index contributed by atoms with van der Waals surface area (Å²) in [5, 5.41) is 3.87. The topological polar surface area (TPSA) is 12.0 Å². The molecule has 7 aromatic rings. The van der Waals surface area contributed by atoms with Crippen LogP contribution in [0.25, 0.3) is 66.8 Å². The van der Waals surface area contributed by atoms with E-state index in [4.69, 9.17) is 0 Å². The maximum atomic E-state index is 3.87. The molecule has 2 aliphatic carbocycles. The van der Waals surface area contributed by atoms with E-state index in [1.54, 1.807) is 0 Å². The number of fused-ring (bicyclic) bond motifs is 11. The van der Waals surface area contributed by atoms with E-state index in [1.165, 1.54) is 89.0 Å². The van der Waals surface area contributed by atoms with Gasteiger partial charge in [0.1, 0.15) is 0 Å². The van der Waals surface area contributed by atoms with E-state index in [1.807, 2.05) is 0 Å². The molecule has 10 rings (SSSR count). The highest BCUT2D eigenvalue weighted by atomic mass is 14.9. The van der Waals surface area contributed by atoms with E-state index < -0.39 is 0 Å². The monoisotopic (exact) mass is 627 g/mol. The lowest BCUT2D eigenvalue weighted by molar-refractivity contribution is 0.660. The Bertz CT molecular complexity index is 2350. The van der Waals surface area contributed by atoms with Gasteiger partial charge in [0.05, 0.1) is 0 Å². The van der Waals surface area contributed by atoms with Gasteiger partial charge in [0.15, 0.2) is 0 Å². The first-order valence-electron chi connectivity index (χ1n) is 17.4. The van der Waals surface area contributed by atoms with E-state index >= 15 is 0 Å². The molecule has 234 valence electrons. The van der Waals surface area contributed by atoms with Crippen molar-refractivity contribution in [2.45, 2.75) is 38.5 Å². The van der Waals surface area contributed by atoms with Gasteiger partial charge >= 0.3 is 0 Å². The van der Waals surface area contributed by atoms with Gasteiger partial charge in [0.2, 0.25) is 0 Å². The molecular weight excluding hydrogens is 591 g/mol. The molecule has 1 N–H and O–H groups in total. The van der Waals surface area contributed by atoms with E-state index in [-0.39, 0.29) is 10.8 Å². The lowest BCUT2D eigenvalue weighted by atomic mass is 9.82. The van der Waals surface area contributed by atoms with Gasteiger partial charge in [-0.2, -0.15) is 0 Å². The van der Waals surface area contributed by atoms with Gasteiger partial charge in [-0.3, -0.25) is 0 Å². The van der Waals surface area contributed by atoms with Gasteiger partial charge in [-0.1, -0.05) is 149 Å². The van der Waals surface area contributed by atoms with Crippen molar-refractivity contribution in [3.8, 4) is 66.8 Å². The third-order valence-corrected chi connectivity index (χ3v) is 11.7. The normalized spacial score (nSPS) is 15.0. The Labute approximate surface area is 288 Å². The van der Waals surface area contributed by atoms with Crippen LogP contribution in [0.2, 0.25) is 0 Å². The van der Waals surface area contributed by atoms with Crippen molar-refractivity contribution in [1.82, 2.24) is 0 Å². The summed E-state index contributed by atoms with van der Waals surface area (Å²) in [5.41, 5.74) is 23.3. The highest BCUT2D eigenvalue weighted by molar-refractivity contribution is 6.03. The highest BCUT2D eigenvalue weighted by Crippen LogP contribution is 2.55. The first-order chi connectivity index (χ1) is 23.8. The number of hydrogen-bond donors (Lipinski definition) is 1. The molecule has 3 aliphatic rings. The largest absolute Gasteiger partial charge is 0.355 e. The Morgan fingerprint density at radius 2 is 0.694 bits per heavy atom. The molecule has 0 amide bonds. The molecule has 0 saturated carbocycles.